The molecule has 0 saturated heterocycles. The van der Waals surface area contributed by atoms with E-state index in [0.717, 1.165) is 16.5 Å². The van der Waals surface area contributed by atoms with Gasteiger partial charge in [-0.2, -0.15) is 0 Å². The van der Waals surface area contributed by atoms with Crippen LogP contribution in [-0.2, 0) is 10.0 Å². The quantitative estimate of drug-likeness (QED) is 0.467. The van der Waals surface area contributed by atoms with Gasteiger partial charge in [0, 0.05) is 23.7 Å². The van der Waals surface area contributed by atoms with Crippen LogP contribution in [0.3, 0.4) is 0 Å². The van der Waals surface area contributed by atoms with Crippen LogP contribution >= 0.6 is 0 Å². The molecule has 0 aliphatic rings. The maximum absolute atomic E-state index is 13.0. The third kappa shape index (κ3) is 4.96. The molecule has 6 nitrogen and oxygen atoms in total. The molecule has 2 N–H and O–H groups in total. The number of pyridine rings is 1. The summed E-state index contributed by atoms with van der Waals surface area (Å²) in [5.41, 5.74) is 2.08. The summed E-state index contributed by atoms with van der Waals surface area (Å²) >= 11 is 0. The molecule has 0 radical (unpaired) electrons. The van der Waals surface area contributed by atoms with Crippen molar-refractivity contribution in [3.63, 3.8) is 0 Å². The number of fused-ring (bicyclic) bond motifs is 1. The Labute approximate surface area is 181 Å². The molecule has 7 heteroatoms. The van der Waals surface area contributed by atoms with Crippen LogP contribution < -0.4 is 10.0 Å². The SMILES string of the molecule is O=C(NC(CNS(=O)(=O)c1ccccc1)c1ccccc1)c1ccc2ncccc2c1. The predicted molar refractivity (Wildman–Crippen MR) is 120 cm³/mol. The van der Waals surface area contributed by atoms with Gasteiger partial charge in [0.2, 0.25) is 10.0 Å². The summed E-state index contributed by atoms with van der Waals surface area (Å²) in [7, 11) is -3.70. The van der Waals surface area contributed by atoms with E-state index in [-0.39, 0.29) is 17.3 Å². The Kier molecular flexibility index (Phi) is 6.06. The number of nitrogens with zero attached hydrogens (tertiary/aromatic N) is 1. The highest BCUT2D eigenvalue weighted by Crippen LogP contribution is 2.17. The van der Waals surface area contributed by atoms with Gasteiger partial charge in [-0.05, 0) is 42.0 Å². The van der Waals surface area contributed by atoms with Crippen molar-refractivity contribution in [1.29, 1.82) is 0 Å². The molecule has 4 aromatic rings. The summed E-state index contributed by atoms with van der Waals surface area (Å²) < 4.78 is 27.9. The molecule has 0 aliphatic carbocycles. The van der Waals surface area contributed by atoms with Gasteiger partial charge in [0.1, 0.15) is 0 Å². The Bertz CT molecular complexity index is 1290. The lowest BCUT2D eigenvalue weighted by Crippen LogP contribution is -2.37. The largest absolute Gasteiger partial charge is 0.344 e. The van der Waals surface area contributed by atoms with Crippen LogP contribution in [0.1, 0.15) is 22.0 Å². The number of benzene rings is 3. The van der Waals surface area contributed by atoms with E-state index in [1.165, 1.54) is 12.1 Å². The van der Waals surface area contributed by atoms with Crippen molar-refractivity contribution in [1.82, 2.24) is 15.0 Å². The fourth-order valence-corrected chi connectivity index (χ4v) is 4.34. The molecule has 3 aromatic carbocycles. The normalized spacial score (nSPS) is 12.4. The number of carbonyl (C=O) groups is 1. The van der Waals surface area contributed by atoms with Gasteiger partial charge in [0.05, 0.1) is 16.5 Å². The Balaban J connectivity index is 1.56. The van der Waals surface area contributed by atoms with Crippen LogP contribution in [0.15, 0.2) is 102 Å². The maximum Gasteiger partial charge on any atom is 0.251 e. The molecule has 0 saturated carbocycles. The first-order valence-corrected chi connectivity index (χ1v) is 11.3. The molecule has 1 heterocycles. The minimum Gasteiger partial charge on any atom is -0.344 e. The average Bonchev–Trinajstić information content (AvgIpc) is 2.82. The van der Waals surface area contributed by atoms with Crippen molar-refractivity contribution in [2.45, 2.75) is 10.9 Å². The van der Waals surface area contributed by atoms with Gasteiger partial charge in [0.15, 0.2) is 0 Å². The second-order valence-corrected chi connectivity index (χ2v) is 8.78. The Morgan fingerprint density at radius 3 is 2.32 bits per heavy atom. The van der Waals surface area contributed by atoms with Gasteiger partial charge in [0.25, 0.3) is 5.91 Å². The lowest BCUT2D eigenvalue weighted by Gasteiger charge is -2.20. The van der Waals surface area contributed by atoms with E-state index in [4.69, 9.17) is 0 Å². The summed E-state index contributed by atoms with van der Waals surface area (Å²) in [6.45, 7) is 0.0160. The topological polar surface area (TPSA) is 88.2 Å². The highest BCUT2D eigenvalue weighted by atomic mass is 32.2. The average molecular weight is 432 g/mol. The molecule has 4 rings (SSSR count). The summed E-state index contributed by atoms with van der Waals surface area (Å²) in [5.74, 6) is -0.293. The monoisotopic (exact) mass is 431 g/mol. The lowest BCUT2D eigenvalue weighted by molar-refractivity contribution is 0.0937. The summed E-state index contributed by atoms with van der Waals surface area (Å²) in [6.07, 6.45) is 1.70. The van der Waals surface area contributed by atoms with E-state index in [1.54, 1.807) is 42.6 Å². The smallest absolute Gasteiger partial charge is 0.251 e. The number of hydrogen-bond donors (Lipinski definition) is 2. The third-order valence-corrected chi connectivity index (χ3v) is 6.34. The first-order valence-electron chi connectivity index (χ1n) is 9.78. The molecule has 0 bridgehead atoms. The van der Waals surface area contributed by atoms with E-state index in [0.29, 0.717) is 5.56 Å². The van der Waals surface area contributed by atoms with Crippen LogP contribution in [0.25, 0.3) is 10.9 Å². The fourth-order valence-electron chi connectivity index (χ4n) is 3.27. The van der Waals surface area contributed by atoms with Gasteiger partial charge in [-0.3, -0.25) is 9.78 Å². The van der Waals surface area contributed by atoms with E-state index in [1.807, 2.05) is 42.5 Å². The van der Waals surface area contributed by atoms with Crippen LogP contribution in [0.5, 0.6) is 0 Å². The summed E-state index contributed by atoms with van der Waals surface area (Å²) in [5, 5.41) is 3.81. The molecule has 1 atom stereocenters. The van der Waals surface area contributed by atoms with Gasteiger partial charge < -0.3 is 5.32 Å². The van der Waals surface area contributed by atoms with E-state index >= 15 is 0 Å². The van der Waals surface area contributed by atoms with E-state index in [2.05, 4.69) is 15.0 Å². The number of sulfonamides is 1. The molecule has 0 aliphatic heterocycles. The summed E-state index contributed by atoms with van der Waals surface area (Å²) in [4.78, 5) is 17.4. The molecular formula is C24H21N3O3S. The zero-order valence-corrected chi connectivity index (χ0v) is 17.4. The number of carbonyl (C=O) groups excluding carboxylic acids is 1. The molecule has 156 valence electrons. The number of hydrogen-bond acceptors (Lipinski definition) is 4. The molecular weight excluding hydrogens is 410 g/mol. The van der Waals surface area contributed by atoms with Crippen molar-refractivity contribution in [3.8, 4) is 0 Å². The van der Waals surface area contributed by atoms with E-state index in [9.17, 15) is 13.2 Å². The first kappa shape index (κ1) is 20.7. The van der Waals surface area contributed by atoms with Crippen molar-refractivity contribution in [3.05, 3.63) is 108 Å². The van der Waals surface area contributed by atoms with E-state index < -0.39 is 16.1 Å². The van der Waals surface area contributed by atoms with Gasteiger partial charge in [-0.15, -0.1) is 0 Å². The van der Waals surface area contributed by atoms with Crippen molar-refractivity contribution < 1.29 is 13.2 Å². The minimum atomic E-state index is -3.70. The zero-order chi connectivity index (χ0) is 21.7. The van der Waals surface area contributed by atoms with Crippen LogP contribution in [-0.4, -0.2) is 25.9 Å². The number of nitrogens with one attached hydrogen (secondary N) is 2. The molecule has 1 aromatic heterocycles. The third-order valence-electron chi connectivity index (χ3n) is 4.90. The van der Waals surface area contributed by atoms with Crippen molar-refractivity contribution >= 4 is 26.8 Å². The lowest BCUT2D eigenvalue weighted by atomic mass is 10.1. The molecule has 31 heavy (non-hydrogen) atoms. The Hall–Kier alpha value is -3.55. The molecule has 1 unspecified atom stereocenters. The number of amides is 1. The summed E-state index contributed by atoms with van der Waals surface area (Å²) in [6, 6.07) is 25.9. The van der Waals surface area contributed by atoms with Crippen LogP contribution in [0, 0.1) is 0 Å². The first-order chi connectivity index (χ1) is 15.0. The minimum absolute atomic E-state index is 0.0160. The second kappa shape index (κ2) is 9.07. The highest BCUT2D eigenvalue weighted by molar-refractivity contribution is 7.89. The number of rotatable bonds is 7. The van der Waals surface area contributed by atoms with Gasteiger partial charge >= 0.3 is 0 Å². The second-order valence-electron chi connectivity index (χ2n) is 7.01. The predicted octanol–water partition coefficient (Wildman–Crippen LogP) is 3.68. The van der Waals surface area contributed by atoms with Crippen LogP contribution in [0.2, 0.25) is 0 Å². The fraction of sp³-hybridized carbons (Fsp3) is 0.0833. The van der Waals surface area contributed by atoms with Crippen molar-refractivity contribution in [2.24, 2.45) is 0 Å². The molecule has 0 spiro atoms. The van der Waals surface area contributed by atoms with Gasteiger partial charge in [-0.25, -0.2) is 13.1 Å². The highest BCUT2D eigenvalue weighted by Gasteiger charge is 2.20. The maximum atomic E-state index is 13.0. The number of aromatic nitrogens is 1. The van der Waals surface area contributed by atoms with Crippen molar-refractivity contribution in [2.75, 3.05) is 6.54 Å². The standard InChI is InChI=1S/C24H21N3O3S/c28-24(20-13-14-22-19(16-20)10-7-15-25-22)27-23(18-8-3-1-4-9-18)17-26-31(29,30)21-11-5-2-6-12-21/h1-16,23,26H,17H2,(H,27,28). The Morgan fingerprint density at radius 1 is 0.871 bits per heavy atom. The zero-order valence-electron chi connectivity index (χ0n) is 16.6. The van der Waals surface area contributed by atoms with Crippen LogP contribution in [0.4, 0.5) is 0 Å². The Morgan fingerprint density at radius 2 is 1.58 bits per heavy atom. The van der Waals surface area contributed by atoms with Gasteiger partial charge in [-0.1, -0.05) is 54.6 Å². The molecule has 1 amide bonds. The molecule has 0 fully saturated rings.